The van der Waals surface area contributed by atoms with Crippen molar-refractivity contribution in [3.05, 3.63) is 17.6 Å². The van der Waals surface area contributed by atoms with Crippen LogP contribution in [0.3, 0.4) is 0 Å². The number of nitrogens with zero attached hydrogens (tertiary/aromatic N) is 4. The third kappa shape index (κ3) is 3.71. The van der Waals surface area contributed by atoms with Crippen LogP contribution in [0.15, 0.2) is 6.33 Å². The summed E-state index contributed by atoms with van der Waals surface area (Å²) in [5.74, 6) is 0.708. The fraction of sp³-hybridized carbons (Fsp3) is 0.722. The lowest BCUT2D eigenvalue weighted by Crippen LogP contribution is -2.47. The van der Waals surface area contributed by atoms with Crippen LogP contribution in [0.1, 0.15) is 36.9 Å². The number of piperidine rings is 1. The first-order valence-electron chi connectivity index (χ1n) is 9.42. The van der Waals surface area contributed by atoms with E-state index in [0.717, 1.165) is 76.0 Å². The van der Waals surface area contributed by atoms with Gasteiger partial charge in [0.2, 0.25) is 5.88 Å². The summed E-state index contributed by atoms with van der Waals surface area (Å²) in [6, 6.07) is 0.198. The standard InChI is InChI=1S/C18H26N4O3/c23-18(21-7-1-2-8-21)22-9-3-14(4-10-22)25-17-15-5-11-24-12-6-16(15)19-13-20-17/h13-14H,1-12H2. The van der Waals surface area contributed by atoms with Gasteiger partial charge in [0.05, 0.1) is 18.9 Å². The predicted octanol–water partition coefficient (Wildman–Crippen LogP) is 1.65. The minimum Gasteiger partial charge on any atom is -0.474 e. The summed E-state index contributed by atoms with van der Waals surface area (Å²) in [5.41, 5.74) is 2.14. The first kappa shape index (κ1) is 16.6. The van der Waals surface area contributed by atoms with E-state index < -0.39 is 0 Å². The lowest BCUT2D eigenvalue weighted by atomic mass is 10.1. The Hall–Kier alpha value is -1.89. The maximum atomic E-state index is 12.5. The zero-order chi connectivity index (χ0) is 17.1. The number of hydrogen-bond donors (Lipinski definition) is 0. The van der Waals surface area contributed by atoms with Crippen LogP contribution < -0.4 is 4.74 Å². The molecule has 7 nitrogen and oxygen atoms in total. The Balaban J connectivity index is 1.35. The van der Waals surface area contributed by atoms with Gasteiger partial charge in [0.15, 0.2) is 0 Å². The van der Waals surface area contributed by atoms with Crippen molar-refractivity contribution in [2.75, 3.05) is 39.4 Å². The van der Waals surface area contributed by atoms with Crippen molar-refractivity contribution in [1.29, 1.82) is 0 Å². The van der Waals surface area contributed by atoms with Gasteiger partial charge in [-0.15, -0.1) is 0 Å². The van der Waals surface area contributed by atoms with Gasteiger partial charge in [-0.05, 0) is 12.8 Å². The van der Waals surface area contributed by atoms with Gasteiger partial charge in [-0.25, -0.2) is 14.8 Å². The van der Waals surface area contributed by atoms with Crippen LogP contribution in [0.2, 0.25) is 0 Å². The highest BCUT2D eigenvalue weighted by molar-refractivity contribution is 5.74. The lowest BCUT2D eigenvalue weighted by molar-refractivity contribution is 0.0941. The van der Waals surface area contributed by atoms with E-state index in [1.54, 1.807) is 6.33 Å². The number of hydrogen-bond acceptors (Lipinski definition) is 5. The summed E-state index contributed by atoms with van der Waals surface area (Å²) in [6.45, 7) is 4.74. The van der Waals surface area contributed by atoms with Crippen LogP contribution in [-0.4, -0.2) is 71.3 Å². The average Bonchev–Trinajstić information content (AvgIpc) is 3.07. The quantitative estimate of drug-likeness (QED) is 0.814. The van der Waals surface area contributed by atoms with Crippen LogP contribution >= 0.6 is 0 Å². The molecule has 0 unspecified atom stereocenters. The highest BCUT2D eigenvalue weighted by Gasteiger charge is 2.29. The molecule has 0 spiro atoms. The van der Waals surface area contributed by atoms with E-state index in [2.05, 4.69) is 9.97 Å². The zero-order valence-electron chi connectivity index (χ0n) is 14.7. The fourth-order valence-electron chi connectivity index (χ4n) is 3.87. The van der Waals surface area contributed by atoms with Gasteiger partial charge < -0.3 is 19.3 Å². The number of ether oxygens (including phenoxy) is 2. The molecular weight excluding hydrogens is 320 g/mol. The SMILES string of the molecule is O=C(N1CCCC1)N1CCC(Oc2ncnc3c2CCOCC3)CC1. The molecule has 7 heteroatoms. The van der Waals surface area contributed by atoms with Crippen LogP contribution in [0.5, 0.6) is 5.88 Å². The summed E-state index contributed by atoms with van der Waals surface area (Å²) in [7, 11) is 0. The summed E-state index contributed by atoms with van der Waals surface area (Å²) in [6.07, 6.45) is 7.30. The van der Waals surface area contributed by atoms with Gasteiger partial charge in [0, 0.05) is 57.4 Å². The molecule has 0 aliphatic carbocycles. The van der Waals surface area contributed by atoms with E-state index in [-0.39, 0.29) is 12.1 Å². The summed E-state index contributed by atoms with van der Waals surface area (Å²) < 4.78 is 11.7. The van der Waals surface area contributed by atoms with Crippen molar-refractivity contribution in [3.8, 4) is 5.88 Å². The summed E-state index contributed by atoms with van der Waals surface area (Å²) in [5, 5.41) is 0. The second-order valence-electron chi connectivity index (χ2n) is 7.00. The normalized spacial score (nSPS) is 21.8. The minimum atomic E-state index is 0.116. The molecule has 1 aromatic heterocycles. The number of likely N-dealkylation sites (tertiary alicyclic amines) is 2. The molecule has 0 aromatic carbocycles. The van der Waals surface area contributed by atoms with E-state index in [9.17, 15) is 4.79 Å². The van der Waals surface area contributed by atoms with Gasteiger partial charge in [0.1, 0.15) is 12.4 Å². The van der Waals surface area contributed by atoms with E-state index in [1.165, 1.54) is 0 Å². The van der Waals surface area contributed by atoms with Crippen molar-refractivity contribution in [1.82, 2.24) is 19.8 Å². The van der Waals surface area contributed by atoms with Crippen molar-refractivity contribution >= 4 is 6.03 Å². The van der Waals surface area contributed by atoms with Crippen molar-refractivity contribution in [2.24, 2.45) is 0 Å². The Labute approximate surface area is 148 Å². The van der Waals surface area contributed by atoms with Crippen LogP contribution in [0.25, 0.3) is 0 Å². The second kappa shape index (κ2) is 7.56. The number of amides is 2. The first-order valence-corrected chi connectivity index (χ1v) is 9.42. The Morgan fingerprint density at radius 1 is 1.04 bits per heavy atom. The van der Waals surface area contributed by atoms with E-state index in [4.69, 9.17) is 9.47 Å². The van der Waals surface area contributed by atoms with Gasteiger partial charge in [-0.1, -0.05) is 0 Å². The monoisotopic (exact) mass is 346 g/mol. The largest absolute Gasteiger partial charge is 0.474 e. The highest BCUT2D eigenvalue weighted by atomic mass is 16.5. The second-order valence-corrected chi connectivity index (χ2v) is 7.00. The molecule has 4 heterocycles. The molecule has 25 heavy (non-hydrogen) atoms. The molecule has 3 aliphatic rings. The van der Waals surface area contributed by atoms with Crippen LogP contribution in [-0.2, 0) is 17.6 Å². The number of aromatic nitrogens is 2. The molecule has 2 saturated heterocycles. The molecule has 136 valence electrons. The molecule has 0 radical (unpaired) electrons. The number of rotatable bonds is 2. The third-order valence-electron chi connectivity index (χ3n) is 5.34. The van der Waals surface area contributed by atoms with E-state index >= 15 is 0 Å². The van der Waals surface area contributed by atoms with Crippen molar-refractivity contribution in [3.63, 3.8) is 0 Å². The molecule has 4 rings (SSSR count). The molecule has 2 amide bonds. The van der Waals surface area contributed by atoms with Crippen molar-refractivity contribution in [2.45, 2.75) is 44.6 Å². The first-order chi connectivity index (χ1) is 12.3. The molecule has 3 aliphatic heterocycles. The van der Waals surface area contributed by atoms with Crippen LogP contribution in [0, 0.1) is 0 Å². The highest BCUT2D eigenvalue weighted by Crippen LogP contribution is 2.25. The predicted molar refractivity (Wildman–Crippen MR) is 91.7 cm³/mol. The molecule has 0 bridgehead atoms. The molecule has 0 N–H and O–H groups in total. The number of carbonyl (C=O) groups excluding carboxylic acids is 1. The van der Waals surface area contributed by atoms with Gasteiger partial charge in [-0.3, -0.25) is 0 Å². The zero-order valence-corrected chi connectivity index (χ0v) is 14.7. The minimum absolute atomic E-state index is 0.116. The van der Waals surface area contributed by atoms with Crippen LogP contribution in [0.4, 0.5) is 4.79 Å². The smallest absolute Gasteiger partial charge is 0.320 e. The van der Waals surface area contributed by atoms with Gasteiger partial charge >= 0.3 is 6.03 Å². The summed E-state index contributed by atoms with van der Waals surface area (Å²) in [4.78, 5) is 25.2. The lowest BCUT2D eigenvalue weighted by Gasteiger charge is -2.34. The Morgan fingerprint density at radius 2 is 1.76 bits per heavy atom. The average molecular weight is 346 g/mol. The maximum Gasteiger partial charge on any atom is 0.320 e. The van der Waals surface area contributed by atoms with E-state index in [0.29, 0.717) is 19.1 Å². The molecule has 2 fully saturated rings. The third-order valence-corrected chi connectivity index (χ3v) is 5.34. The molecule has 0 saturated carbocycles. The van der Waals surface area contributed by atoms with E-state index in [1.807, 2.05) is 9.80 Å². The number of fused-ring (bicyclic) bond motifs is 1. The number of urea groups is 1. The number of carbonyl (C=O) groups is 1. The Bertz CT molecular complexity index is 610. The Morgan fingerprint density at radius 3 is 2.56 bits per heavy atom. The Kier molecular flexibility index (Phi) is 5.01. The topological polar surface area (TPSA) is 67.8 Å². The van der Waals surface area contributed by atoms with Gasteiger partial charge in [0.25, 0.3) is 0 Å². The fourth-order valence-corrected chi connectivity index (χ4v) is 3.87. The van der Waals surface area contributed by atoms with Gasteiger partial charge in [-0.2, -0.15) is 0 Å². The molecule has 1 aromatic rings. The maximum absolute atomic E-state index is 12.5. The molecular formula is C18H26N4O3. The summed E-state index contributed by atoms with van der Waals surface area (Å²) >= 11 is 0. The molecule has 0 atom stereocenters. The van der Waals surface area contributed by atoms with Crippen molar-refractivity contribution < 1.29 is 14.3 Å².